The van der Waals surface area contributed by atoms with Crippen LogP contribution in [0.2, 0.25) is 0 Å². The van der Waals surface area contributed by atoms with E-state index in [-0.39, 0.29) is 10.6 Å². The Balaban J connectivity index is 1.96. The van der Waals surface area contributed by atoms with Crippen LogP contribution in [0.4, 0.5) is 4.39 Å². The minimum atomic E-state index is -3.24. The van der Waals surface area contributed by atoms with Gasteiger partial charge in [0.05, 0.1) is 10.6 Å². The molecule has 0 radical (unpaired) electrons. The summed E-state index contributed by atoms with van der Waals surface area (Å²) in [4.78, 5) is 0.236. The molecule has 0 saturated heterocycles. The Hall–Kier alpha value is -0.900. The fourth-order valence-electron chi connectivity index (χ4n) is 2.56. The third kappa shape index (κ3) is 3.55. The maximum Gasteiger partial charge on any atom is 0.178 e. The Morgan fingerprint density at radius 2 is 1.67 bits per heavy atom. The van der Waals surface area contributed by atoms with Crippen molar-refractivity contribution in [2.45, 2.75) is 43.4 Å². The van der Waals surface area contributed by atoms with Crippen molar-refractivity contribution in [1.29, 1.82) is 0 Å². The minimum absolute atomic E-state index is 0.184. The zero-order valence-electron chi connectivity index (χ0n) is 10.4. The van der Waals surface area contributed by atoms with Crippen LogP contribution in [0.1, 0.15) is 38.5 Å². The molecule has 18 heavy (non-hydrogen) atoms. The molecule has 1 aromatic carbocycles. The van der Waals surface area contributed by atoms with Crippen LogP contribution in [0, 0.1) is 11.7 Å². The van der Waals surface area contributed by atoms with Crippen LogP contribution >= 0.6 is 0 Å². The van der Waals surface area contributed by atoms with Gasteiger partial charge in [0.1, 0.15) is 5.82 Å². The van der Waals surface area contributed by atoms with E-state index in [0.29, 0.717) is 5.92 Å². The number of hydrogen-bond donors (Lipinski definition) is 0. The second-order valence-electron chi connectivity index (χ2n) is 5.07. The molecule has 1 saturated carbocycles. The summed E-state index contributed by atoms with van der Waals surface area (Å²) in [6.45, 7) is 0. The van der Waals surface area contributed by atoms with E-state index < -0.39 is 15.7 Å². The zero-order chi connectivity index (χ0) is 13.0. The van der Waals surface area contributed by atoms with E-state index >= 15 is 0 Å². The van der Waals surface area contributed by atoms with Gasteiger partial charge in [-0.2, -0.15) is 0 Å². The number of sulfone groups is 1. The zero-order valence-corrected chi connectivity index (χ0v) is 11.3. The van der Waals surface area contributed by atoms with Crippen molar-refractivity contribution < 1.29 is 12.8 Å². The predicted octanol–water partition coefficient (Wildman–Crippen LogP) is 3.57. The second-order valence-corrected chi connectivity index (χ2v) is 7.17. The Labute approximate surface area is 108 Å². The fourth-order valence-corrected chi connectivity index (χ4v) is 3.99. The van der Waals surface area contributed by atoms with Gasteiger partial charge in [0, 0.05) is 0 Å². The summed E-state index contributed by atoms with van der Waals surface area (Å²) in [6, 6.07) is 5.11. The highest BCUT2D eigenvalue weighted by atomic mass is 32.2. The normalized spacial score (nSPS) is 17.8. The Kier molecular flexibility index (Phi) is 4.38. The molecule has 1 aliphatic rings. The van der Waals surface area contributed by atoms with Gasteiger partial charge < -0.3 is 0 Å². The van der Waals surface area contributed by atoms with Crippen molar-refractivity contribution in [3.05, 3.63) is 30.1 Å². The highest BCUT2D eigenvalue weighted by Crippen LogP contribution is 2.27. The highest BCUT2D eigenvalue weighted by molar-refractivity contribution is 7.91. The molecule has 0 unspecified atom stereocenters. The first-order valence-electron chi connectivity index (χ1n) is 6.56. The van der Waals surface area contributed by atoms with Crippen molar-refractivity contribution in [2.75, 3.05) is 5.75 Å². The standard InChI is InChI=1S/C14H19FO2S/c15-13-6-8-14(9-7-13)18(16,17)11-10-12-4-2-1-3-5-12/h6-9,12H,1-5,10-11H2. The first kappa shape index (κ1) is 13.5. The monoisotopic (exact) mass is 270 g/mol. The van der Waals surface area contributed by atoms with Crippen LogP contribution in [0.25, 0.3) is 0 Å². The molecule has 100 valence electrons. The summed E-state index contributed by atoms with van der Waals surface area (Å²) in [7, 11) is -3.24. The van der Waals surface area contributed by atoms with Crippen LogP contribution < -0.4 is 0 Å². The predicted molar refractivity (Wildman–Crippen MR) is 69.6 cm³/mol. The first-order chi connectivity index (χ1) is 8.58. The van der Waals surface area contributed by atoms with E-state index in [0.717, 1.165) is 19.3 Å². The lowest BCUT2D eigenvalue weighted by molar-refractivity contribution is 0.350. The van der Waals surface area contributed by atoms with Gasteiger partial charge in [-0.05, 0) is 36.6 Å². The Bertz CT molecular complexity index is 473. The SMILES string of the molecule is O=S(=O)(CCC1CCCCC1)c1ccc(F)cc1. The lowest BCUT2D eigenvalue weighted by Crippen LogP contribution is -2.14. The van der Waals surface area contributed by atoms with E-state index in [1.807, 2.05) is 0 Å². The molecular weight excluding hydrogens is 251 g/mol. The molecule has 1 fully saturated rings. The molecule has 4 heteroatoms. The minimum Gasteiger partial charge on any atom is -0.224 e. The Morgan fingerprint density at radius 3 is 2.28 bits per heavy atom. The number of hydrogen-bond acceptors (Lipinski definition) is 2. The summed E-state index contributed by atoms with van der Waals surface area (Å²) in [5, 5.41) is 0. The van der Waals surface area contributed by atoms with E-state index in [2.05, 4.69) is 0 Å². The number of rotatable bonds is 4. The van der Waals surface area contributed by atoms with Gasteiger partial charge in [0.2, 0.25) is 0 Å². The molecule has 0 N–H and O–H groups in total. The quantitative estimate of drug-likeness (QED) is 0.784. The summed E-state index contributed by atoms with van der Waals surface area (Å²) >= 11 is 0. The van der Waals surface area contributed by atoms with Crippen molar-refractivity contribution >= 4 is 9.84 Å². The van der Waals surface area contributed by atoms with Crippen molar-refractivity contribution in [3.63, 3.8) is 0 Å². The van der Waals surface area contributed by atoms with Crippen molar-refractivity contribution in [2.24, 2.45) is 5.92 Å². The molecule has 0 spiro atoms. The fraction of sp³-hybridized carbons (Fsp3) is 0.571. The van der Waals surface area contributed by atoms with Gasteiger partial charge in [0.15, 0.2) is 9.84 Å². The third-order valence-electron chi connectivity index (χ3n) is 3.69. The number of halogens is 1. The summed E-state index contributed by atoms with van der Waals surface area (Å²) in [6.07, 6.45) is 6.77. The first-order valence-corrected chi connectivity index (χ1v) is 8.21. The largest absolute Gasteiger partial charge is 0.224 e. The molecule has 0 atom stereocenters. The average Bonchev–Trinajstić information content (AvgIpc) is 2.38. The molecule has 2 rings (SSSR count). The number of benzene rings is 1. The molecule has 0 amide bonds. The molecule has 0 aromatic heterocycles. The molecule has 1 aromatic rings. The highest BCUT2D eigenvalue weighted by Gasteiger charge is 2.19. The van der Waals surface area contributed by atoms with E-state index in [4.69, 9.17) is 0 Å². The molecule has 2 nitrogen and oxygen atoms in total. The molecule has 0 bridgehead atoms. The van der Waals surface area contributed by atoms with Gasteiger partial charge in [-0.15, -0.1) is 0 Å². The van der Waals surface area contributed by atoms with Gasteiger partial charge in [-0.3, -0.25) is 0 Å². The molecular formula is C14H19FO2S. The van der Waals surface area contributed by atoms with E-state index in [1.54, 1.807) is 0 Å². The maximum absolute atomic E-state index is 12.8. The van der Waals surface area contributed by atoms with Gasteiger partial charge in [-0.1, -0.05) is 32.1 Å². The summed E-state index contributed by atoms with van der Waals surface area (Å²) in [5.74, 6) is 0.332. The maximum atomic E-state index is 12.8. The molecule has 0 aliphatic heterocycles. The Morgan fingerprint density at radius 1 is 1.06 bits per heavy atom. The van der Waals surface area contributed by atoms with Crippen molar-refractivity contribution in [3.8, 4) is 0 Å². The van der Waals surface area contributed by atoms with Crippen LogP contribution in [-0.2, 0) is 9.84 Å². The van der Waals surface area contributed by atoms with Crippen molar-refractivity contribution in [1.82, 2.24) is 0 Å². The summed E-state index contributed by atoms with van der Waals surface area (Å²) < 4.78 is 36.9. The van der Waals surface area contributed by atoms with Crippen LogP contribution in [0.5, 0.6) is 0 Å². The lowest BCUT2D eigenvalue weighted by atomic mass is 9.88. The molecule has 0 heterocycles. The van der Waals surface area contributed by atoms with Crippen LogP contribution in [0.3, 0.4) is 0 Å². The van der Waals surface area contributed by atoms with E-state index in [9.17, 15) is 12.8 Å². The lowest BCUT2D eigenvalue weighted by Gasteiger charge is -2.21. The molecule has 1 aliphatic carbocycles. The second kappa shape index (κ2) is 5.83. The van der Waals surface area contributed by atoms with E-state index in [1.165, 1.54) is 43.5 Å². The smallest absolute Gasteiger partial charge is 0.178 e. The summed E-state index contributed by atoms with van der Waals surface area (Å²) in [5.41, 5.74) is 0. The topological polar surface area (TPSA) is 34.1 Å². The van der Waals surface area contributed by atoms with Crippen LogP contribution in [-0.4, -0.2) is 14.2 Å². The van der Waals surface area contributed by atoms with Crippen LogP contribution in [0.15, 0.2) is 29.2 Å². The third-order valence-corrected chi connectivity index (χ3v) is 5.46. The average molecular weight is 270 g/mol. The van der Waals surface area contributed by atoms with Gasteiger partial charge in [0.25, 0.3) is 0 Å². The van der Waals surface area contributed by atoms with Gasteiger partial charge >= 0.3 is 0 Å². The van der Waals surface area contributed by atoms with Gasteiger partial charge in [-0.25, -0.2) is 12.8 Å².